The van der Waals surface area contributed by atoms with Gasteiger partial charge in [-0.2, -0.15) is 0 Å². The van der Waals surface area contributed by atoms with Crippen LogP contribution in [0.15, 0.2) is 61.1 Å². The van der Waals surface area contributed by atoms with Gasteiger partial charge in [-0.1, -0.05) is 41.4 Å². The minimum Gasteiger partial charge on any atom is -0.383 e. The Balaban J connectivity index is 1.89. The van der Waals surface area contributed by atoms with E-state index in [0.717, 1.165) is 27.1 Å². The van der Waals surface area contributed by atoms with Crippen LogP contribution >= 0.6 is 46.1 Å². The zero-order valence-corrected chi connectivity index (χ0v) is 19.7. The van der Waals surface area contributed by atoms with Crippen molar-refractivity contribution in [2.45, 2.75) is 6.10 Å². The van der Waals surface area contributed by atoms with Gasteiger partial charge in [-0.3, -0.25) is 0 Å². The third-order valence-corrected chi connectivity index (χ3v) is 6.89. The number of aryl methyl sites for hydroxylation is 1. The standard InChI is InChI=1S/C23H15Cl3N4OS/c1-30-11-27-10-16(30)19-14(22(31)17-7-8-18(25)32-17)5-6-15-20(19)21(29-23(26)28-15)12-3-2-4-13(24)9-12/h2-11,22,31H,1H3. The predicted octanol–water partition coefficient (Wildman–Crippen LogP) is 6.80. The number of thiophene rings is 1. The van der Waals surface area contributed by atoms with E-state index in [1.54, 1.807) is 24.7 Å². The number of hydrogen-bond donors (Lipinski definition) is 1. The van der Waals surface area contributed by atoms with Gasteiger partial charge in [0.1, 0.15) is 6.10 Å². The first kappa shape index (κ1) is 21.4. The fourth-order valence-corrected chi connectivity index (χ4v) is 5.22. The summed E-state index contributed by atoms with van der Waals surface area (Å²) in [5.41, 5.74) is 4.33. The third kappa shape index (κ3) is 3.78. The number of halogens is 3. The molecule has 0 aliphatic carbocycles. The van der Waals surface area contributed by atoms with Gasteiger partial charge in [-0.25, -0.2) is 15.0 Å². The van der Waals surface area contributed by atoms with E-state index in [4.69, 9.17) is 34.8 Å². The highest BCUT2D eigenvalue weighted by molar-refractivity contribution is 7.16. The predicted molar refractivity (Wildman–Crippen MR) is 131 cm³/mol. The topological polar surface area (TPSA) is 63.8 Å². The molecule has 0 aliphatic rings. The van der Waals surface area contributed by atoms with Crippen molar-refractivity contribution in [3.63, 3.8) is 0 Å². The molecule has 0 aliphatic heterocycles. The quantitative estimate of drug-likeness (QED) is 0.275. The lowest BCUT2D eigenvalue weighted by Gasteiger charge is -2.19. The van der Waals surface area contributed by atoms with Gasteiger partial charge >= 0.3 is 0 Å². The minimum atomic E-state index is -0.898. The average Bonchev–Trinajstić information content (AvgIpc) is 3.40. The Morgan fingerprint density at radius 3 is 2.56 bits per heavy atom. The molecule has 5 nitrogen and oxygen atoms in total. The maximum absolute atomic E-state index is 11.3. The fourth-order valence-electron chi connectivity index (χ4n) is 3.79. The second-order valence-electron chi connectivity index (χ2n) is 7.21. The average molecular weight is 502 g/mol. The van der Waals surface area contributed by atoms with E-state index >= 15 is 0 Å². The van der Waals surface area contributed by atoms with Crippen molar-refractivity contribution in [2.24, 2.45) is 7.05 Å². The van der Waals surface area contributed by atoms with Crippen LogP contribution in [0.2, 0.25) is 14.6 Å². The number of aromatic nitrogens is 4. The Morgan fingerprint density at radius 2 is 1.88 bits per heavy atom. The van der Waals surface area contributed by atoms with Crippen molar-refractivity contribution < 1.29 is 5.11 Å². The van der Waals surface area contributed by atoms with Crippen molar-refractivity contribution in [2.75, 3.05) is 0 Å². The number of rotatable bonds is 4. The van der Waals surface area contributed by atoms with Crippen LogP contribution in [-0.2, 0) is 7.05 Å². The minimum absolute atomic E-state index is 0.127. The van der Waals surface area contributed by atoms with Crippen molar-refractivity contribution in [3.8, 4) is 22.5 Å². The summed E-state index contributed by atoms with van der Waals surface area (Å²) in [7, 11) is 1.90. The lowest BCUT2D eigenvalue weighted by atomic mass is 9.92. The third-order valence-electron chi connectivity index (χ3n) is 5.20. The summed E-state index contributed by atoms with van der Waals surface area (Å²) >= 11 is 20.0. The van der Waals surface area contributed by atoms with Crippen LogP contribution in [0.25, 0.3) is 33.4 Å². The van der Waals surface area contributed by atoms with E-state index in [-0.39, 0.29) is 5.28 Å². The molecule has 0 spiro atoms. The Labute approximate surface area is 202 Å². The Kier molecular flexibility index (Phi) is 5.65. The van der Waals surface area contributed by atoms with Crippen LogP contribution in [-0.4, -0.2) is 24.6 Å². The number of fused-ring (bicyclic) bond motifs is 1. The van der Waals surface area contributed by atoms with Crippen LogP contribution in [0, 0.1) is 0 Å². The largest absolute Gasteiger partial charge is 0.383 e. The number of benzene rings is 2. The lowest BCUT2D eigenvalue weighted by molar-refractivity contribution is 0.225. The molecular formula is C23H15Cl3N4OS. The molecule has 3 aromatic heterocycles. The molecule has 160 valence electrons. The zero-order valence-electron chi connectivity index (χ0n) is 16.6. The summed E-state index contributed by atoms with van der Waals surface area (Å²) in [5, 5.41) is 12.8. The summed E-state index contributed by atoms with van der Waals surface area (Å²) in [6, 6.07) is 14.7. The number of hydrogen-bond acceptors (Lipinski definition) is 5. The lowest BCUT2D eigenvalue weighted by Crippen LogP contribution is -2.05. The number of aliphatic hydroxyl groups excluding tert-OH is 1. The maximum Gasteiger partial charge on any atom is 0.223 e. The highest BCUT2D eigenvalue weighted by atomic mass is 35.5. The summed E-state index contributed by atoms with van der Waals surface area (Å²) in [6.07, 6.45) is 2.56. The van der Waals surface area contributed by atoms with Crippen molar-refractivity contribution >= 4 is 57.0 Å². The smallest absolute Gasteiger partial charge is 0.223 e. The van der Waals surface area contributed by atoms with E-state index in [9.17, 15) is 5.11 Å². The first-order chi connectivity index (χ1) is 15.4. The normalized spacial score (nSPS) is 12.4. The molecule has 0 saturated heterocycles. The molecule has 1 N–H and O–H groups in total. The highest BCUT2D eigenvalue weighted by Gasteiger charge is 2.24. The molecule has 1 atom stereocenters. The van der Waals surface area contributed by atoms with Gasteiger partial charge in [-0.05, 0) is 47.5 Å². The first-order valence-electron chi connectivity index (χ1n) is 9.58. The molecule has 0 bridgehead atoms. The highest BCUT2D eigenvalue weighted by Crippen LogP contribution is 2.42. The van der Waals surface area contributed by atoms with Gasteiger partial charge in [-0.15, -0.1) is 11.3 Å². The molecule has 1 unspecified atom stereocenters. The van der Waals surface area contributed by atoms with Gasteiger partial charge in [0, 0.05) is 33.5 Å². The van der Waals surface area contributed by atoms with E-state index in [2.05, 4.69) is 15.0 Å². The van der Waals surface area contributed by atoms with Gasteiger partial charge in [0.2, 0.25) is 5.28 Å². The molecule has 3 heterocycles. The molecular weight excluding hydrogens is 487 g/mol. The number of aliphatic hydroxyl groups is 1. The molecule has 5 aromatic rings. The molecule has 0 fully saturated rings. The van der Waals surface area contributed by atoms with Crippen LogP contribution in [0.3, 0.4) is 0 Å². The Morgan fingerprint density at radius 1 is 1.03 bits per heavy atom. The number of imidazole rings is 1. The summed E-state index contributed by atoms with van der Waals surface area (Å²) in [5.74, 6) is 0. The SMILES string of the molecule is Cn1cncc1-c1c(C(O)c2ccc(Cl)s2)ccc2nc(Cl)nc(-c3cccc(Cl)c3)c12. The van der Waals surface area contributed by atoms with Crippen LogP contribution in [0.5, 0.6) is 0 Å². The Bertz CT molecular complexity index is 1460. The van der Waals surface area contributed by atoms with Gasteiger partial charge in [0.05, 0.1) is 33.8 Å². The van der Waals surface area contributed by atoms with Gasteiger partial charge in [0.15, 0.2) is 0 Å². The van der Waals surface area contributed by atoms with Crippen LogP contribution < -0.4 is 0 Å². The van der Waals surface area contributed by atoms with E-state index in [0.29, 0.717) is 26.1 Å². The van der Waals surface area contributed by atoms with E-state index < -0.39 is 6.10 Å². The summed E-state index contributed by atoms with van der Waals surface area (Å²) in [6.45, 7) is 0. The molecule has 2 aromatic carbocycles. The monoisotopic (exact) mass is 500 g/mol. The fraction of sp³-hybridized carbons (Fsp3) is 0.0870. The Hall–Kier alpha value is -2.48. The molecule has 9 heteroatoms. The second-order valence-corrected chi connectivity index (χ2v) is 9.73. The molecule has 0 amide bonds. The van der Waals surface area contributed by atoms with Crippen LogP contribution in [0.4, 0.5) is 0 Å². The summed E-state index contributed by atoms with van der Waals surface area (Å²) < 4.78 is 2.50. The summed E-state index contributed by atoms with van der Waals surface area (Å²) in [4.78, 5) is 14.0. The van der Waals surface area contributed by atoms with Crippen molar-refractivity contribution in [3.05, 3.63) is 86.1 Å². The first-order valence-corrected chi connectivity index (χ1v) is 11.5. The van der Waals surface area contributed by atoms with Gasteiger partial charge in [0.25, 0.3) is 0 Å². The number of nitrogens with zero attached hydrogens (tertiary/aromatic N) is 4. The van der Waals surface area contributed by atoms with Crippen molar-refractivity contribution in [1.82, 2.24) is 19.5 Å². The molecule has 0 radical (unpaired) electrons. The van der Waals surface area contributed by atoms with E-state index in [1.807, 2.05) is 48.0 Å². The molecule has 0 saturated carbocycles. The molecule has 32 heavy (non-hydrogen) atoms. The second kappa shape index (κ2) is 8.46. The van der Waals surface area contributed by atoms with Crippen LogP contribution in [0.1, 0.15) is 16.5 Å². The zero-order chi connectivity index (χ0) is 22.4. The molecule has 5 rings (SSSR count). The van der Waals surface area contributed by atoms with Crippen molar-refractivity contribution in [1.29, 1.82) is 0 Å². The van der Waals surface area contributed by atoms with E-state index in [1.165, 1.54) is 11.3 Å². The maximum atomic E-state index is 11.3. The van der Waals surface area contributed by atoms with Gasteiger partial charge < -0.3 is 9.67 Å².